The lowest BCUT2D eigenvalue weighted by molar-refractivity contribution is 0.385. The van der Waals surface area contributed by atoms with Gasteiger partial charge in [0.25, 0.3) is 0 Å². The van der Waals surface area contributed by atoms with E-state index in [1.165, 1.54) is 13.2 Å². The van der Waals surface area contributed by atoms with Crippen LogP contribution in [0.15, 0.2) is 36.4 Å². The number of halogens is 1. The molecule has 0 saturated heterocycles. The molecule has 1 atom stereocenters. The molecule has 0 bridgehead atoms. The molecule has 3 N–H and O–H groups in total. The maximum Gasteiger partial charge on any atom is 0.165 e. The van der Waals surface area contributed by atoms with Crippen LogP contribution < -0.4 is 20.7 Å². The lowest BCUT2D eigenvalue weighted by Gasteiger charge is -2.20. The maximum atomic E-state index is 13.9. The van der Waals surface area contributed by atoms with Crippen LogP contribution >= 0.6 is 0 Å². The van der Waals surface area contributed by atoms with E-state index in [1.807, 2.05) is 25.1 Å². The molecule has 112 valence electrons. The van der Waals surface area contributed by atoms with Crippen LogP contribution in [0.25, 0.3) is 0 Å². The van der Waals surface area contributed by atoms with E-state index in [2.05, 4.69) is 5.43 Å². The summed E-state index contributed by atoms with van der Waals surface area (Å²) in [4.78, 5) is 0. The van der Waals surface area contributed by atoms with Crippen LogP contribution in [0.5, 0.6) is 11.5 Å². The number of hydrogen-bond donors (Lipinski definition) is 2. The molecule has 0 heterocycles. The Morgan fingerprint density at radius 1 is 1.10 bits per heavy atom. The van der Waals surface area contributed by atoms with Crippen molar-refractivity contribution in [3.8, 4) is 11.5 Å². The van der Waals surface area contributed by atoms with Crippen molar-refractivity contribution in [2.24, 2.45) is 5.84 Å². The van der Waals surface area contributed by atoms with Crippen molar-refractivity contribution >= 4 is 0 Å². The second-order valence-corrected chi connectivity index (χ2v) is 4.72. The van der Waals surface area contributed by atoms with Crippen LogP contribution in [-0.4, -0.2) is 14.2 Å². The van der Waals surface area contributed by atoms with Crippen LogP contribution in [0.2, 0.25) is 0 Å². The zero-order valence-electron chi connectivity index (χ0n) is 12.3. The van der Waals surface area contributed by atoms with Crippen molar-refractivity contribution < 1.29 is 13.9 Å². The van der Waals surface area contributed by atoms with Gasteiger partial charge in [-0.25, -0.2) is 9.82 Å². The first-order chi connectivity index (χ1) is 10.1. The van der Waals surface area contributed by atoms with E-state index >= 15 is 0 Å². The van der Waals surface area contributed by atoms with Gasteiger partial charge >= 0.3 is 0 Å². The third-order valence-corrected chi connectivity index (χ3v) is 3.46. The minimum atomic E-state index is -0.415. The van der Waals surface area contributed by atoms with Crippen LogP contribution in [-0.2, 0) is 0 Å². The van der Waals surface area contributed by atoms with Crippen LogP contribution in [0.1, 0.15) is 22.7 Å². The Balaban J connectivity index is 2.42. The van der Waals surface area contributed by atoms with Gasteiger partial charge in [0.1, 0.15) is 5.75 Å². The number of hydrogen-bond acceptors (Lipinski definition) is 4. The molecule has 1 unspecified atom stereocenters. The number of hydrazine groups is 1. The molecule has 2 aromatic carbocycles. The molecule has 0 amide bonds. The minimum absolute atomic E-state index is 0.209. The van der Waals surface area contributed by atoms with E-state index in [4.69, 9.17) is 15.3 Å². The number of methoxy groups -OCH3 is 2. The highest BCUT2D eigenvalue weighted by molar-refractivity contribution is 5.42. The molecule has 0 spiro atoms. The zero-order valence-corrected chi connectivity index (χ0v) is 12.3. The van der Waals surface area contributed by atoms with Crippen molar-refractivity contribution in [2.75, 3.05) is 14.2 Å². The van der Waals surface area contributed by atoms with E-state index in [0.717, 1.165) is 22.4 Å². The topological polar surface area (TPSA) is 56.5 Å². The molecule has 0 aliphatic heterocycles. The molecule has 0 saturated carbocycles. The van der Waals surface area contributed by atoms with Crippen LogP contribution in [0, 0.1) is 12.7 Å². The average Bonchev–Trinajstić information content (AvgIpc) is 2.49. The summed E-state index contributed by atoms with van der Waals surface area (Å²) >= 11 is 0. The van der Waals surface area contributed by atoms with E-state index < -0.39 is 5.82 Å². The maximum absolute atomic E-state index is 13.9. The van der Waals surface area contributed by atoms with Gasteiger partial charge in [0.15, 0.2) is 11.6 Å². The number of nitrogens with one attached hydrogen (secondary N) is 1. The Hall–Kier alpha value is -2.11. The summed E-state index contributed by atoms with van der Waals surface area (Å²) in [6.07, 6.45) is 0. The summed E-state index contributed by atoms with van der Waals surface area (Å²) in [5.74, 6) is 6.23. The zero-order chi connectivity index (χ0) is 15.4. The highest BCUT2D eigenvalue weighted by atomic mass is 19.1. The molecular weight excluding hydrogens is 271 g/mol. The SMILES string of the molecule is COc1ccc(C(NN)c2ccc(OC)c(F)c2)c(C)c1. The van der Waals surface area contributed by atoms with Crippen molar-refractivity contribution in [2.45, 2.75) is 13.0 Å². The lowest BCUT2D eigenvalue weighted by atomic mass is 9.95. The first-order valence-corrected chi connectivity index (χ1v) is 6.54. The van der Waals surface area contributed by atoms with Gasteiger partial charge in [-0.05, 0) is 47.9 Å². The molecule has 5 heteroatoms. The first-order valence-electron chi connectivity index (χ1n) is 6.54. The summed E-state index contributed by atoms with van der Waals surface area (Å²) in [6.45, 7) is 1.96. The monoisotopic (exact) mass is 290 g/mol. The Labute approximate surface area is 123 Å². The minimum Gasteiger partial charge on any atom is -0.497 e. The second kappa shape index (κ2) is 6.56. The van der Waals surface area contributed by atoms with Gasteiger partial charge in [-0.1, -0.05) is 12.1 Å². The fourth-order valence-electron chi connectivity index (χ4n) is 2.33. The highest BCUT2D eigenvalue weighted by Crippen LogP contribution is 2.29. The standard InChI is InChI=1S/C16H19FN2O2/c1-10-8-12(20-2)5-6-13(10)16(19-18)11-4-7-15(21-3)14(17)9-11/h4-9,16,19H,18H2,1-3H3. The van der Waals surface area contributed by atoms with Gasteiger partial charge in [0, 0.05) is 0 Å². The van der Waals surface area contributed by atoms with E-state index in [0.29, 0.717) is 0 Å². The van der Waals surface area contributed by atoms with Gasteiger partial charge in [0.05, 0.1) is 20.3 Å². The summed E-state index contributed by atoms with van der Waals surface area (Å²) in [6, 6.07) is 10.2. The Kier molecular flexibility index (Phi) is 4.77. The molecule has 0 aliphatic rings. The van der Waals surface area contributed by atoms with Gasteiger partial charge in [-0.2, -0.15) is 0 Å². The molecule has 0 aromatic heterocycles. The Morgan fingerprint density at radius 2 is 1.86 bits per heavy atom. The highest BCUT2D eigenvalue weighted by Gasteiger charge is 2.17. The van der Waals surface area contributed by atoms with Gasteiger partial charge in [-0.3, -0.25) is 5.84 Å². The van der Waals surface area contributed by atoms with Crippen molar-refractivity contribution in [1.29, 1.82) is 0 Å². The molecule has 4 nitrogen and oxygen atoms in total. The second-order valence-electron chi connectivity index (χ2n) is 4.72. The van der Waals surface area contributed by atoms with Gasteiger partial charge in [0.2, 0.25) is 0 Å². The largest absolute Gasteiger partial charge is 0.497 e. The molecule has 2 aromatic rings. The molecular formula is C16H19FN2O2. The van der Waals surface area contributed by atoms with Crippen LogP contribution in [0.3, 0.4) is 0 Å². The summed E-state index contributed by atoms with van der Waals surface area (Å²) < 4.78 is 24.0. The molecule has 0 aliphatic carbocycles. The molecule has 21 heavy (non-hydrogen) atoms. The smallest absolute Gasteiger partial charge is 0.165 e. The van der Waals surface area contributed by atoms with Crippen molar-refractivity contribution in [3.05, 3.63) is 58.9 Å². The molecule has 2 rings (SSSR count). The normalized spacial score (nSPS) is 12.0. The number of nitrogens with two attached hydrogens (primary N) is 1. The quantitative estimate of drug-likeness (QED) is 0.656. The predicted molar refractivity (Wildman–Crippen MR) is 79.8 cm³/mol. The summed E-state index contributed by atoms with van der Waals surface area (Å²) in [5.41, 5.74) is 5.42. The summed E-state index contributed by atoms with van der Waals surface area (Å²) in [7, 11) is 3.05. The Morgan fingerprint density at radius 3 is 2.38 bits per heavy atom. The van der Waals surface area contributed by atoms with Crippen molar-refractivity contribution in [1.82, 2.24) is 5.43 Å². The molecule has 0 fully saturated rings. The predicted octanol–water partition coefficient (Wildman–Crippen LogP) is 2.70. The summed E-state index contributed by atoms with van der Waals surface area (Å²) in [5, 5.41) is 0. The fourth-order valence-corrected chi connectivity index (χ4v) is 2.33. The number of aryl methyl sites for hydroxylation is 1. The average molecular weight is 290 g/mol. The van der Waals surface area contributed by atoms with Gasteiger partial charge < -0.3 is 9.47 Å². The van der Waals surface area contributed by atoms with E-state index in [9.17, 15) is 4.39 Å². The van der Waals surface area contributed by atoms with Crippen LogP contribution in [0.4, 0.5) is 4.39 Å². The third kappa shape index (κ3) is 3.15. The first kappa shape index (κ1) is 15.3. The van der Waals surface area contributed by atoms with E-state index in [1.54, 1.807) is 19.2 Å². The fraction of sp³-hybridized carbons (Fsp3) is 0.250. The number of benzene rings is 2. The Bertz CT molecular complexity index is 632. The van der Waals surface area contributed by atoms with E-state index in [-0.39, 0.29) is 11.8 Å². The number of rotatable bonds is 5. The molecule has 0 radical (unpaired) electrons. The number of ether oxygens (including phenoxy) is 2. The van der Waals surface area contributed by atoms with Gasteiger partial charge in [-0.15, -0.1) is 0 Å². The lowest BCUT2D eigenvalue weighted by Crippen LogP contribution is -2.29. The third-order valence-electron chi connectivity index (χ3n) is 3.46. The van der Waals surface area contributed by atoms with Crippen molar-refractivity contribution in [3.63, 3.8) is 0 Å².